The third kappa shape index (κ3) is 2.85. The molecule has 0 aromatic rings. The minimum Gasteiger partial charge on any atom is -0.341 e. The number of hydrogen-bond donors (Lipinski definition) is 1. The summed E-state index contributed by atoms with van der Waals surface area (Å²) in [6, 6.07) is 0. The van der Waals surface area contributed by atoms with Crippen LogP contribution in [0.4, 0.5) is 0 Å². The molecule has 16 heavy (non-hydrogen) atoms. The minimum atomic E-state index is -0.289. The zero-order valence-electron chi connectivity index (χ0n) is 10.6. The van der Waals surface area contributed by atoms with Crippen LogP contribution >= 0.6 is 0 Å². The zero-order valence-corrected chi connectivity index (χ0v) is 10.6. The predicted octanol–water partition coefficient (Wildman–Crippen LogP) is 1.93. The van der Waals surface area contributed by atoms with Gasteiger partial charge in [0.2, 0.25) is 5.91 Å². The Kier molecular flexibility index (Phi) is 4.54. The maximum absolute atomic E-state index is 12.4. The number of nitrogens with zero attached hydrogens (tertiary/aromatic N) is 1. The lowest BCUT2D eigenvalue weighted by atomic mass is 9.73. The average Bonchev–Trinajstić information content (AvgIpc) is 2.28. The number of carbonyl (C=O) groups is 1. The predicted molar refractivity (Wildman–Crippen MR) is 67.0 cm³/mol. The van der Waals surface area contributed by atoms with E-state index in [1.165, 1.54) is 6.42 Å². The van der Waals surface area contributed by atoms with E-state index in [4.69, 9.17) is 5.73 Å². The normalized spacial score (nSPS) is 19.2. The Morgan fingerprint density at radius 2 is 1.94 bits per heavy atom. The highest BCUT2D eigenvalue weighted by atomic mass is 16.2. The SMILES string of the molecule is C=C(C)CN(C)C(=O)C1(CN)CCCCC1. The Hall–Kier alpha value is -0.830. The summed E-state index contributed by atoms with van der Waals surface area (Å²) in [7, 11) is 1.85. The van der Waals surface area contributed by atoms with Gasteiger partial charge in [-0.1, -0.05) is 31.4 Å². The summed E-state index contributed by atoms with van der Waals surface area (Å²) in [5.41, 5.74) is 6.56. The first kappa shape index (κ1) is 13.2. The lowest BCUT2D eigenvalue weighted by Gasteiger charge is -2.37. The van der Waals surface area contributed by atoms with Gasteiger partial charge in [-0.3, -0.25) is 4.79 Å². The molecule has 0 heterocycles. The Balaban J connectivity index is 2.71. The molecule has 0 spiro atoms. The van der Waals surface area contributed by atoms with Crippen LogP contribution in [0.5, 0.6) is 0 Å². The first-order chi connectivity index (χ1) is 7.52. The van der Waals surface area contributed by atoms with Crippen LogP contribution in [0.25, 0.3) is 0 Å². The van der Waals surface area contributed by atoms with Gasteiger partial charge in [-0.2, -0.15) is 0 Å². The van der Waals surface area contributed by atoms with Gasteiger partial charge < -0.3 is 10.6 Å². The van der Waals surface area contributed by atoms with E-state index in [0.717, 1.165) is 31.3 Å². The van der Waals surface area contributed by atoms with E-state index in [1.54, 1.807) is 4.90 Å². The Bertz CT molecular complexity index is 267. The van der Waals surface area contributed by atoms with Crippen LogP contribution in [0.1, 0.15) is 39.0 Å². The molecule has 0 atom stereocenters. The molecule has 0 unspecified atom stereocenters. The average molecular weight is 224 g/mol. The van der Waals surface area contributed by atoms with Crippen molar-refractivity contribution in [1.29, 1.82) is 0 Å². The highest BCUT2D eigenvalue weighted by molar-refractivity contribution is 5.83. The van der Waals surface area contributed by atoms with Crippen molar-refractivity contribution < 1.29 is 4.79 Å². The van der Waals surface area contributed by atoms with Gasteiger partial charge in [0.25, 0.3) is 0 Å². The number of carbonyl (C=O) groups excluding carboxylic acids is 1. The van der Waals surface area contributed by atoms with Gasteiger partial charge in [0.05, 0.1) is 5.41 Å². The molecule has 3 heteroatoms. The summed E-state index contributed by atoms with van der Waals surface area (Å²) < 4.78 is 0. The van der Waals surface area contributed by atoms with E-state index in [0.29, 0.717) is 13.1 Å². The molecule has 0 aromatic carbocycles. The van der Waals surface area contributed by atoms with Crippen molar-refractivity contribution >= 4 is 5.91 Å². The van der Waals surface area contributed by atoms with Crippen LogP contribution in [-0.2, 0) is 4.79 Å². The summed E-state index contributed by atoms with van der Waals surface area (Å²) in [6.07, 6.45) is 5.39. The van der Waals surface area contributed by atoms with Gasteiger partial charge in [-0.25, -0.2) is 0 Å². The van der Waals surface area contributed by atoms with Crippen molar-refractivity contribution in [2.24, 2.45) is 11.1 Å². The molecule has 0 saturated heterocycles. The van der Waals surface area contributed by atoms with Gasteiger partial charge >= 0.3 is 0 Å². The second-order valence-corrected chi connectivity index (χ2v) is 5.16. The number of hydrogen-bond acceptors (Lipinski definition) is 2. The van der Waals surface area contributed by atoms with E-state index in [-0.39, 0.29) is 11.3 Å². The molecule has 1 aliphatic rings. The van der Waals surface area contributed by atoms with Gasteiger partial charge in [0.15, 0.2) is 0 Å². The van der Waals surface area contributed by atoms with Crippen molar-refractivity contribution in [3.8, 4) is 0 Å². The maximum atomic E-state index is 12.4. The van der Waals surface area contributed by atoms with E-state index in [1.807, 2.05) is 14.0 Å². The number of rotatable bonds is 4. The van der Waals surface area contributed by atoms with Crippen molar-refractivity contribution in [1.82, 2.24) is 4.90 Å². The molecule has 3 nitrogen and oxygen atoms in total. The van der Waals surface area contributed by atoms with Crippen LogP contribution in [-0.4, -0.2) is 30.9 Å². The number of likely N-dealkylation sites (N-methyl/N-ethyl adjacent to an activating group) is 1. The molecule has 1 aliphatic carbocycles. The van der Waals surface area contributed by atoms with Gasteiger partial charge in [0, 0.05) is 20.1 Å². The highest BCUT2D eigenvalue weighted by Gasteiger charge is 2.39. The first-order valence-electron chi connectivity index (χ1n) is 6.12. The third-order valence-corrected chi connectivity index (χ3v) is 3.51. The summed E-state index contributed by atoms with van der Waals surface area (Å²) in [5.74, 6) is 0.206. The molecule has 2 N–H and O–H groups in total. The fraction of sp³-hybridized carbons (Fsp3) is 0.769. The van der Waals surface area contributed by atoms with Crippen molar-refractivity contribution in [3.05, 3.63) is 12.2 Å². The molecule has 1 fully saturated rings. The quantitative estimate of drug-likeness (QED) is 0.742. The zero-order chi connectivity index (χ0) is 12.2. The summed E-state index contributed by atoms with van der Waals surface area (Å²) >= 11 is 0. The van der Waals surface area contributed by atoms with Crippen molar-refractivity contribution in [2.75, 3.05) is 20.1 Å². The monoisotopic (exact) mass is 224 g/mol. The smallest absolute Gasteiger partial charge is 0.230 e. The molecular weight excluding hydrogens is 200 g/mol. The number of amides is 1. The number of nitrogens with two attached hydrogens (primary N) is 1. The Morgan fingerprint density at radius 3 is 2.38 bits per heavy atom. The van der Waals surface area contributed by atoms with Gasteiger partial charge in [0.1, 0.15) is 0 Å². The second-order valence-electron chi connectivity index (χ2n) is 5.16. The Morgan fingerprint density at radius 1 is 1.38 bits per heavy atom. The van der Waals surface area contributed by atoms with Crippen LogP contribution in [0.15, 0.2) is 12.2 Å². The second kappa shape index (κ2) is 5.48. The molecule has 1 rings (SSSR count). The lowest BCUT2D eigenvalue weighted by molar-refractivity contribution is -0.141. The standard InChI is InChI=1S/C13H24N2O/c1-11(2)9-15(3)12(16)13(10-14)7-5-4-6-8-13/h1,4-10,14H2,2-3H3. The Labute approximate surface area is 98.7 Å². The highest BCUT2D eigenvalue weighted by Crippen LogP contribution is 2.36. The van der Waals surface area contributed by atoms with Crippen LogP contribution in [0.3, 0.4) is 0 Å². The van der Waals surface area contributed by atoms with Crippen molar-refractivity contribution in [2.45, 2.75) is 39.0 Å². The van der Waals surface area contributed by atoms with E-state index in [9.17, 15) is 4.79 Å². The van der Waals surface area contributed by atoms with Crippen LogP contribution in [0, 0.1) is 5.41 Å². The third-order valence-electron chi connectivity index (χ3n) is 3.51. The molecular formula is C13H24N2O. The van der Waals surface area contributed by atoms with E-state index in [2.05, 4.69) is 6.58 Å². The molecule has 0 aliphatic heterocycles. The topological polar surface area (TPSA) is 46.3 Å². The molecule has 1 amide bonds. The minimum absolute atomic E-state index is 0.206. The summed E-state index contributed by atoms with van der Waals surface area (Å²) in [5, 5.41) is 0. The van der Waals surface area contributed by atoms with Crippen LogP contribution in [0.2, 0.25) is 0 Å². The molecule has 0 bridgehead atoms. The van der Waals surface area contributed by atoms with E-state index < -0.39 is 0 Å². The molecule has 0 aromatic heterocycles. The van der Waals surface area contributed by atoms with E-state index >= 15 is 0 Å². The first-order valence-corrected chi connectivity index (χ1v) is 6.12. The van der Waals surface area contributed by atoms with Gasteiger partial charge in [-0.05, 0) is 19.8 Å². The summed E-state index contributed by atoms with van der Waals surface area (Å²) in [6.45, 7) is 6.91. The largest absolute Gasteiger partial charge is 0.341 e. The fourth-order valence-electron chi connectivity index (χ4n) is 2.62. The fourth-order valence-corrected chi connectivity index (χ4v) is 2.62. The molecule has 92 valence electrons. The van der Waals surface area contributed by atoms with Gasteiger partial charge in [-0.15, -0.1) is 0 Å². The molecule has 0 radical (unpaired) electrons. The summed E-state index contributed by atoms with van der Waals surface area (Å²) in [4.78, 5) is 14.2. The van der Waals surface area contributed by atoms with Crippen LogP contribution < -0.4 is 5.73 Å². The lowest BCUT2D eigenvalue weighted by Crippen LogP contribution is -2.48. The van der Waals surface area contributed by atoms with Crippen molar-refractivity contribution in [3.63, 3.8) is 0 Å². The maximum Gasteiger partial charge on any atom is 0.230 e. The molecule has 1 saturated carbocycles.